The molecule has 4 aromatic rings. The standard InChI is InChI=1S/C17H10ClFN4O2S2/c18-11-4-2-1-3-10(11)15-22-23-17(25-15)26-8-14(24)21-16-20-12-6-5-9(19)7-13(12)27-16/h1-7H,8H2,(H,20,21,24). The number of benzene rings is 2. The largest absolute Gasteiger partial charge is 0.411 e. The third-order valence-electron chi connectivity index (χ3n) is 3.43. The number of carbonyl (C=O) groups is 1. The van der Waals surface area contributed by atoms with E-state index in [2.05, 4.69) is 20.5 Å². The number of amides is 1. The molecule has 0 radical (unpaired) electrons. The predicted octanol–water partition coefficient (Wildman–Crippen LogP) is 4.87. The Bertz CT molecular complexity index is 1130. The Balaban J connectivity index is 1.38. The summed E-state index contributed by atoms with van der Waals surface area (Å²) in [6.45, 7) is 0. The molecule has 2 heterocycles. The molecule has 0 aliphatic rings. The zero-order valence-electron chi connectivity index (χ0n) is 13.5. The third kappa shape index (κ3) is 4.10. The van der Waals surface area contributed by atoms with Gasteiger partial charge in [-0.25, -0.2) is 9.37 Å². The molecule has 0 aliphatic heterocycles. The smallest absolute Gasteiger partial charge is 0.277 e. The fourth-order valence-electron chi connectivity index (χ4n) is 2.25. The van der Waals surface area contributed by atoms with Crippen molar-refractivity contribution in [1.82, 2.24) is 15.2 Å². The average molecular weight is 421 g/mol. The molecule has 0 aliphatic carbocycles. The van der Waals surface area contributed by atoms with E-state index < -0.39 is 0 Å². The van der Waals surface area contributed by atoms with E-state index in [1.54, 1.807) is 24.3 Å². The minimum Gasteiger partial charge on any atom is -0.411 e. The summed E-state index contributed by atoms with van der Waals surface area (Å²) in [6.07, 6.45) is 0. The van der Waals surface area contributed by atoms with Gasteiger partial charge in [-0.2, -0.15) is 0 Å². The molecule has 0 saturated carbocycles. The van der Waals surface area contributed by atoms with Gasteiger partial charge in [0.05, 0.1) is 26.6 Å². The third-order valence-corrected chi connectivity index (χ3v) is 5.52. The second kappa shape index (κ2) is 7.63. The van der Waals surface area contributed by atoms with Gasteiger partial charge in [-0.3, -0.25) is 4.79 Å². The maximum Gasteiger partial charge on any atom is 0.277 e. The molecule has 1 N–H and O–H groups in total. The molecule has 136 valence electrons. The van der Waals surface area contributed by atoms with Crippen LogP contribution < -0.4 is 5.32 Å². The van der Waals surface area contributed by atoms with E-state index in [1.807, 2.05) is 6.07 Å². The first kappa shape index (κ1) is 17.9. The van der Waals surface area contributed by atoms with E-state index in [9.17, 15) is 9.18 Å². The number of rotatable bonds is 5. The Morgan fingerprint density at radius 2 is 2.11 bits per heavy atom. The van der Waals surface area contributed by atoms with Gasteiger partial charge in [0.1, 0.15) is 5.82 Å². The van der Waals surface area contributed by atoms with Crippen molar-refractivity contribution in [3.8, 4) is 11.5 Å². The Labute approximate surface area is 165 Å². The second-order valence-corrected chi connectivity index (χ2v) is 7.69. The van der Waals surface area contributed by atoms with Crippen molar-refractivity contribution >= 4 is 56.0 Å². The number of anilines is 1. The van der Waals surface area contributed by atoms with Crippen molar-refractivity contribution in [2.75, 3.05) is 11.1 Å². The van der Waals surface area contributed by atoms with Crippen LogP contribution >= 0.6 is 34.7 Å². The number of halogens is 2. The molecule has 10 heteroatoms. The molecule has 1 amide bonds. The number of aromatic nitrogens is 3. The zero-order chi connectivity index (χ0) is 18.8. The monoisotopic (exact) mass is 420 g/mol. The molecular formula is C17H10ClFN4O2S2. The summed E-state index contributed by atoms with van der Waals surface area (Å²) in [6, 6.07) is 11.4. The van der Waals surface area contributed by atoms with Crippen molar-refractivity contribution in [3.63, 3.8) is 0 Å². The van der Waals surface area contributed by atoms with Gasteiger partial charge in [-0.15, -0.1) is 10.2 Å². The van der Waals surface area contributed by atoms with Gasteiger partial charge in [0, 0.05) is 0 Å². The first-order valence-corrected chi connectivity index (χ1v) is 9.83. The number of nitrogens with one attached hydrogen (secondary N) is 1. The summed E-state index contributed by atoms with van der Waals surface area (Å²) in [7, 11) is 0. The highest BCUT2D eigenvalue weighted by molar-refractivity contribution is 7.99. The molecule has 0 unspecified atom stereocenters. The van der Waals surface area contributed by atoms with Crippen molar-refractivity contribution in [2.24, 2.45) is 0 Å². The number of carbonyl (C=O) groups excluding carboxylic acids is 1. The fourth-order valence-corrected chi connectivity index (χ4v) is 3.93. The molecule has 0 fully saturated rings. The highest BCUT2D eigenvalue weighted by atomic mass is 35.5. The van der Waals surface area contributed by atoms with Crippen LogP contribution in [0.4, 0.5) is 9.52 Å². The molecule has 2 aromatic carbocycles. The summed E-state index contributed by atoms with van der Waals surface area (Å²) in [5, 5.41) is 11.7. The van der Waals surface area contributed by atoms with E-state index in [1.165, 1.54) is 23.5 Å². The van der Waals surface area contributed by atoms with Crippen LogP contribution in [0.2, 0.25) is 5.02 Å². The number of hydrogen-bond acceptors (Lipinski definition) is 7. The summed E-state index contributed by atoms with van der Waals surface area (Å²) in [5.41, 5.74) is 1.26. The van der Waals surface area contributed by atoms with Crippen LogP contribution in [0, 0.1) is 5.82 Å². The van der Waals surface area contributed by atoms with Crippen LogP contribution in [-0.4, -0.2) is 26.8 Å². The maximum atomic E-state index is 13.2. The maximum absolute atomic E-state index is 13.2. The van der Waals surface area contributed by atoms with E-state index in [0.717, 1.165) is 11.8 Å². The zero-order valence-corrected chi connectivity index (χ0v) is 15.9. The summed E-state index contributed by atoms with van der Waals surface area (Å²) >= 11 is 8.41. The van der Waals surface area contributed by atoms with E-state index in [-0.39, 0.29) is 28.6 Å². The number of hydrogen-bond donors (Lipinski definition) is 1. The average Bonchev–Trinajstić information content (AvgIpc) is 3.26. The Morgan fingerprint density at radius 1 is 1.26 bits per heavy atom. The lowest BCUT2D eigenvalue weighted by Crippen LogP contribution is -2.13. The Morgan fingerprint density at radius 3 is 2.96 bits per heavy atom. The Hall–Kier alpha value is -2.49. The molecule has 6 nitrogen and oxygen atoms in total. The van der Waals surface area contributed by atoms with Crippen molar-refractivity contribution < 1.29 is 13.6 Å². The molecule has 0 saturated heterocycles. The SMILES string of the molecule is O=C(CSc1nnc(-c2ccccc2Cl)o1)Nc1nc2ccc(F)cc2s1. The molecule has 2 aromatic heterocycles. The highest BCUT2D eigenvalue weighted by Gasteiger charge is 2.14. The molecule has 27 heavy (non-hydrogen) atoms. The molecular weight excluding hydrogens is 411 g/mol. The van der Waals surface area contributed by atoms with Crippen LogP contribution in [0.5, 0.6) is 0 Å². The van der Waals surface area contributed by atoms with Crippen LogP contribution in [0.15, 0.2) is 52.1 Å². The van der Waals surface area contributed by atoms with Gasteiger partial charge in [0.15, 0.2) is 5.13 Å². The van der Waals surface area contributed by atoms with Gasteiger partial charge >= 0.3 is 0 Å². The molecule has 4 rings (SSSR count). The Kier molecular flexibility index (Phi) is 5.06. The van der Waals surface area contributed by atoms with Crippen LogP contribution in [0.25, 0.3) is 21.7 Å². The lowest BCUT2D eigenvalue weighted by Gasteiger charge is -1.99. The first-order valence-electron chi connectivity index (χ1n) is 7.65. The predicted molar refractivity (Wildman–Crippen MR) is 104 cm³/mol. The summed E-state index contributed by atoms with van der Waals surface area (Å²) in [4.78, 5) is 16.4. The van der Waals surface area contributed by atoms with Crippen molar-refractivity contribution in [2.45, 2.75) is 5.22 Å². The van der Waals surface area contributed by atoms with Crippen LogP contribution in [0.1, 0.15) is 0 Å². The second-order valence-electron chi connectivity index (χ2n) is 5.32. The fraction of sp³-hybridized carbons (Fsp3) is 0.0588. The van der Waals surface area contributed by atoms with Gasteiger partial charge in [0.25, 0.3) is 5.22 Å². The summed E-state index contributed by atoms with van der Waals surface area (Å²) in [5.74, 6) is -0.270. The van der Waals surface area contributed by atoms with Crippen LogP contribution in [-0.2, 0) is 4.79 Å². The van der Waals surface area contributed by atoms with E-state index in [0.29, 0.717) is 25.9 Å². The van der Waals surface area contributed by atoms with Crippen molar-refractivity contribution in [3.05, 3.63) is 53.3 Å². The minimum absolute atomic E-state index is 0.0639. The van der Waals surface area contributed by atoms with Crippen molar-refractivity contribution in [1.29, 1.82) is 0 Å². The highest BCUT2D eigenvalue weighted by Crippen LogP contribution is 2.29. The lowest BCUT2D eigenvalue weighted by molar-refractivity contribution is -0.113. The van der Waals surface area contributed by atoms with Gasteiger partial charge in [0.2, 0.25) is 11.8 Å². The topological polar surface area (TPSA) is 80.9 Å². The number of nitrogens with zero attached hydrogens (tertiary/aromatic N) is 3. The number of thioether (sulfide) groups is 1. The van der Waals surface area contributed by atoms with E-state index in [4.69, 9.17) is 16.0 Å². The van der Waals surface area contributed by atoms with Gasteiger partial charge in [-0.1, -0.05) is 46.8 Å². The minimum atomic E-state index is -0.342. The molecule has 0 atom stereocenters. The van der Waals surface area contributed by atoms with Gasteiger partial charge < -0.3 is 9.73 Å². The van der Waals surface area contributed by atoms with E-state index >= 15 is 0 Å². The summed E-state index contributed by atoms with van der Waals surface area (Å²) < 4.78 is 19.4. The lowest BCUT2D eigenvalue weighted by atomic mass is 10.2. The van der Waals surface area contributed by atoms with Crippen LogP contribution in [0.3, 0.4) is 0 Å². The normalized spacial score (nSPS) is 11.0. The quantitative estimate of drug-likeness (QED) is 0.464. The number of fused-ring (bicyclic) bond motifs is 1. The molecule has 0 spiro atoms. The van der Waals surface area contributed by atoms with Gasteiger partial charge in [-0.05, 0) is 30.3 Å². The molecule has 0 bridgehead atoms. The number of thiazole rings is 1. The first-order chi connectivity index (χ1) is 13.1.